The van der Waals surface area contributed by atoms with E-state index in [2.05, 4.69) is 100 Å². The first kappa shape index (κ1) is 31.5. The molecule has 2 rings (SSSR count). The van der Waals surface area contributed by atoms with Crippen LogP contribution >= 0.6 is 0 Å². The number of allylic oxidation sites excluding steroid dienone is 1. The molecule has 0 aromatic heterocycles. The number of ether oxygens (including phenoxy) is 1. The van der Waals surface area contributed by atoms with E-state index >= 15 is 0 Å². The lowest BCUT2D eigenvalue weighted by atomic mass is 9.93. The van der Waals surface area contributed by atoms with E-state index in [1.807, 2.05) is 12.1 Å². The monoisotopic (exact) mass is 510 g/mol. The third kappa shape index (κ3) is 12.4. The van der Waals surface area contributed by atoms with Crippen molar-refractivity contribution in [3.63, 3.8) is 0 Å². The molecule has 0 aliphatic rings. The molecular formula is C31H46N2O2S. The molecule has 36 heavy (non-hydrogen) atoms. The summed E-state index contributed by atoms with van der Waals surface area (Å²) in [5, 5.41) is 7.32. The van der Waals surface area contributed by atoms with Crippen molar-refractivity contribution in [1.29, 1.82) is 0 Å². The van der Waals surface area contributed by atoms with Gasteiger partial charge in [-0.1, -0.05) is 76.7 Å². The maximum absolute atomic E-state index is 12.5. The van der Waals surface area contributed by atoms with E-state index in [1.54, 1.807) is 7.11 Å². The summed E-state index contributed by atoms with van der Waals surface area (Å²) in [6, 6.07) is 19.0. The summed E-state index contributed by atoms with van der Waals surface area (Å²) in [5.74, 6) is 3.45. The molecule has 2 aromatic carbocycles. The third-order valence-electron chi connectivity index (χ3n) is 6.24. The van der Waals surface area contributed by atoms with Crippen molar-refractivity contribution in [1.82, 2.24) is 10.6 Å². The van der Waals surface area contributed by atoms with Crippen LogP contribution in [0, 0.1) is 30.6 Å². The average Bonchev–Trinajstić information content (AvgIpc) is 2.88. The summed E-state index contributed by atoms with van der Waals surface area (Å²) in [6.45, 7) is 14.8. The van der Waals surface area contributed by atoms with Gasteiger partial charge in [0.25, 0.3) is 0 Å². The first-order chi connectivity index (χ1) is 17.3. The number of nitrogens with one attached hydrogen (secondary N) is 2. The fraction of sp³-hybridized carbons (Fsp3) is 0.484. The van der Waals surface area contributed by atoms with Crippen LogP contribution in [-0.4, -0.2) is 35.4 Å². The number of terminal acetylenes is 1. The first-order valence-electron chi connectivity index (χ1n) is 12.8. The Kier molecular flexibility index (Phi) is 15.6. The summed E-state index contributed by atoms with van der Waals surface area (Å²) in [6.07, 6.45) is 9.93. The molecule has 198 valence electrons. The van der Waals surface area contributed by atoms with Gasteiger partial charge in [0.05, 0.1) is 7.11 Å². The van der Waals surface area contributed by atoms with Crippen molar-refractivity contribution in [2.45, 2.75) is 53.1 Å². The minimum absolute atomic E-state index is 0.170. The van der Waals surface area contributed by atoms with Crippen LogP contribution in [-0.2, 0) is 23.8 Å². The number of benzene rings is 2. The second kappa shape index (κ2) is 17.8. The Hall–Kier alpha value is -2.55. The quantitative estimate of drug-likeness (QED) is 0.280. The van der Waals surface area contributed by atoms with Crippen LogP contribution in [0.15, 0.2) is 66.9 Å². The molecule has 5 heteroatoms. The van der Waals surface area contributed by atoms with Gasteiger partial charge in [0.2, 0.25) is 0 Å². The summed E-state index contributed by atoms with van der Waals surface area (Å²) in [7, 11) is 0.890. The van der Waals surface area contributed by atoms with Gasteiger partial charge in [0.15, 0.2) is 0 Å². The van der Waals surface area contributed by atoms with Crippen LogP contribution in [0.4, 0.5) is 0 Å². The van der Waals surface area contributed by atoms with Crippen molar-refractivity contribution in [2.24, 2.45) is 17.8 Å². The zero-order valence-corrected chi connectivity index (χ0v) is 23.7. The van der Waals surface area contributed by atoms with Gasteiger partial charge in [-0.15, -0.1) is 12.8 Å². The molecule has 2 unspecified atom stereocenters. The molecule has 0 spiro atoms. The molecule has 0 saturated heterocycles. The Morgan fingerprint density at radius 1 is 1.03 bits per heavy atom. The van der Waals surface area contributed by atoms with E-state index in [9.17, 15) is 4.21 Å². The van der Waals surface area contributed by atoms with Crippen LogP contribution < -0.4 is 15.4 Å². The van der Waals surface area contributed by atoms with Crippen LogP contribution in [0.5, 0.6) is 5.75 Å². The highest BCUT2D eigenvalue weighted by molar-refractivity contribution is 7.84. The maximum Gasteiger partial charge on any atom is 0.119 e. The Balaban J connectivity index is 0.00000316. The molecule has 2 aromatic rings. The highest BCUT2D eigenvalue weighted by Gasteiger charge is 2.21. The van der Waals surface area contributed by atoms with Gasteiger partial charge in [0.1, 0.15) is 5.75 Å². The standard InChI is InChI=1S/C29H44N2O2S.C2H2/c1-22(2)15-16-34(32)21-24(4)25(5)31-29(18-26-11-8-7-9-12-26)23(3)19-30-20-27-13-10-14-28(17-27)33-6;1-2/h7-14,17,22-24,29-31H,5,15-16,18-21H2,1-4,6H3;1-2H/t23-,24?,29+,34?;/m1./s1. The van der Waals surface area contributed by atoms with E-state index in [4.69, 9.17) is 4.74 Å². The van der Waals surface area contributed by atoms with E-state index in [-0.39, 0.29) is 12.0 Å². The lowest BCUT2D eigenvalue weighted by Crippen LogP contribution is -2.42. The molecule has 0 heterocycles. The average molecular weight is 511 g/mol. The molecule has 0 amide bonds. The van der Waals surface area contributed by atoms with Crippen molar-refractivity contribution in [3.05, 3.63) is 78.0 Å². The molecule has 2 N–H and O–H groups in total. The molecule has 0 aliphatic carbocycles. The summed E-state index contributed by atoms with van der Waals surface area (Å²) in [5.41, 5.74) is 3.50. The van der Waals surface area contributed by atoms with Gasteiger partial charge in [0, 0.05) is 46.5 Å². The van der Waals surface area contributed by atoms with Gasteiger partial charge in [-0.25, -0.2) is 0 Å². The van der Waals surface area contributed by atoms with Gasteiger partial charge in [-0.2, -0.15) is 0 Å². The van der Waals surface area contributed by atoms with Crippen molar-refractivity contribution < 1.29 is 8.95 Å². The Bertz CT molecular complexity index is 926. The molecule has 0 bridgehead atoms. The maximum atomic E-state index is 12.5. The normalized spacial score (nSPS) is 14.1. The zero-order valence-electron chi connectivity index (χ0n) is 22.8. The van der Waals surface area contributed by atoms with E-state index in [0.717, 1.165) is 43.1 Å². The molecule has 4 nitrogen and oxygen atoms in total. The minimum atomic E-state index is -0.807. The van der Waals surface area contributed by atoms with E-state index in [0.29, 0.717) is 17.6 Å². The highest BCUT2D eigenvalue weighted by Crippen LogP contribution is 2.17. The molecule has 0 fully saturated rings. The molecule has 4 atom stereocenters. The Labute approximate surface area is 222 Å². The van der Waals surface area contributed by atoms with Gasteiger partial charge >= 0.3 is 0 Å². The number of rotatable bonds is 16. The minimum Gasteiger partial charge on any atom is -0.497 e. The Morgan fingerprint density at radius 3 is 2.33 bits per heavy atom. The van der Waals surface area contributed by atoms with Crippen LogP contribution in [0.3, 0.4) is 0 Å². The summed E-state index contributed by atoms with van der Waals surface area (Å²) in [4.78, 5) is 0. The first-order valence-corrected chi connectivity index (χ1v) is 14.3. The summed E-state index contributed by atoms with van der Waals surface area (Å²) < 4.78 is 17.9. The van der Waals surface area contributed by atoms with Crippen LogP contribution in [0.25, 0.3) is 0 Å². The van der Waals surface area contributed by atoms with Gasteiger partial charge < -0.3 is 15.4 Å². The van der Waals surface area contributed by atoms with Crippen LogP contribution in [0.2, 0.25) is 0 Å². The molecule has 0 saturated carbocycles. The Morgan fingerprint density at radius 2 is 1.69 bits per heavy atom. The SMILES string of the molecule is C#C.C=C(N[C@@H](Cc1ccccc1)[C@H](C)CNCc1cccc(OC)c1)C(C)CS(=O)CCC(C)C. The topological polar surface area (TPSA) is 50.4 Å². The molecular weight excluding hydrogens is 464 g/mol. The largest absolute Gasteiger partial charge is 0.497 e. The number of methoxy groups -OCH3 is 1. The molecule has 0 aliphatic heterocycles. The smallest absolute Gasteiger partial charge is 0.119 e. The van der Waals surface area contributed by atoms with E-state index in [1.165, 1.54) is 11.1 Å². The second-order valence-corrected chi connectivity index (χ2v) is 11.4. The van der Waals surface area contributed by atoms with Crippen LogP contribution in [0.1, 0.15) is 45.2 Å². The summed E-state index contributed by atoms with van der Waals surface area (Å²) >= 11 is 0. The zero-order chi connectivity index (χ0) is 26.9. The fourth-order valence-corrected chi connectivity index (χ4v) is 5.50. The lowest BCUT2D eigenvalue weighted by Gasteiger charge is -2.30. The van der Waals surface area contributed by atoms with Crippen molar-refractivity contribution in [3.8, 4) is 18.6 Å². The molecule has 0 radical (unpaired) electrons. The predicted molar refractivity (Wildman–Crippen MR) is 156 cm³/mol. The second-order valence-electron chi connectivity index (χ2n) is 9.82. The third-order valence-corrected chi connectivity index (χ3v) is 7.80. The number of hydrogen-bond acceptors (Lipinski definition) is 4. The predicted octanol–water partition coefficient (Wildman–Crippen LogP) is 5.82. The van der Waals surface area contributed by atoms with Crippen molar-refractivity contribution in [2.75, 3.05) is 25.2 Å². The van der Waals surface area contributed by atoms with Crippen molar-refractivity contribution >= 4 is 10.8 Å². The van der Waals surface area contributed by atoms with Gasteiger partial charge in [-0.05, 0) is 54.5 Å². The van der Waals surface area contributed by atoms with E-state index < -0.39 is 10.8 Å². The number of hydrogen-bond donors (Lipinski definition) is 2. The highest BCUT2D eigenvalue weighted by atomic mass is 32.2. The van der Waals surface area contributed by atoms with Gasteiger partial charge in [-0.3, -0.25) is 4.21 Å². The lowest BCUT2D eigenvalue weighted by molar-refractivity contribution is 0.368. The fourth-order valence-electron chi connectivity index (χ4n) is 3.84.